The third-order valence-electron chi connectivity index (χ3n) is 5.79. The highest BCUT2D eigenvalue weighted by molar-refractivity contribution is 9.09. The number of halogens is 1. The van der Waals surface area contributed by atoms with Crippen molar-refractivity contribution in [2.45, 2.75) is 44.8 Å². The van der Waals surface area contributed by atoms with E-state index in [2.05, 4.69) is 49.2 Å². The Labute approximate surface area is 156 Å². The van der Waals surface area contributed by atoms with Crippen molar-refractivity contribution in [2.75, 3.05) is 23.3 Å². The maximum Gasteiger partial charge on any atom is 0.243 e. The summed E-state index contributed by atoms with van der Waals surface area (Å²) >= 11 is 3.60. The molecule has 0 bridgehead atoms. The van der Waals surface area contributed by atoms with Gasteiger partial charge in [-0.3, -0.25) is 19.8 Å². The molecule has 2 amide bonds. The van der Waals surface area contributed by atoms with Crippen LogP contribution in [0, 0.1) is 5.92 Å². The molecular formula is C19H24BrN3O2. The molecule has 2 fully saturated rings. The van der Waals surface area contributed by atoms with Gasteiger partial charge >= 0.3 is 0 Å². The fraction of sp³-hybridized carbons (Fsp3) is 0.579. The molecule has 5 nitrogen and oxygen atoms in total. The van der Waals surface area contributed by atoms with Crippen LogP contribution in [-0.4, -0.2) is 41.2 Å². The van der Waals surface area contributed by atoms with E-state index >= 15 is 0 Å². The minimum Gasteiger partial charge on any atom is -0.372 e. The SMILES string of the molecule is O=C1CCC(N2Cc3ccc(N4CCC(CBr)CC4)cc3C2)C(=O)N1. The zero-order valence-corrected chi connectivity index (χ0v) is 15.9. The van der Waals surface area contributed by atoms with Gasteiger partial charge in [0.2, 0.25) is 11.8 Å². The Balaban J connectivity index is 1.44. The van der Waals surface area contributed by atoms with Crippen LogP contribution in [-0.2, 0) is 22.7 Å². The minimum atomic E-state index is -0.178. The molecule has 1 aromatic rings. The molecule has 4 rings (SSSR count). The van der Waals surface area contributed by atoms with Gasteiger partial charge < -0.3 is 4.90 Å². The van der Waals surface area contributed by atoms with Gasteiger partial charge in [-0.05, 0) is 48.4 Å². The van der Waals surface area contributed by atoms with Crippen molar-refractivity contribution in [1.29, 1.82) is 0 Å². The van der Waals surface area contributed by atoms with Crippen molar-refractivity contribution < 1.29 is 9.59 Å². The third kappa shape index (κ3) is 3.47. The van der Waals surface area contributed by atoms with Gasteiger partial charge in [0.15, 0.2) is 0 Å². The fourth-order valence-corrected chi connectivity index (χ4v) is 4.85. The van der Waals surface area contributed by atoms with Crippen LogP contribution < -0.4 is 10.2 Å². The molecule has 1 N–H and O–H groups in total. The number of rotatable bonds is 3. The lowest BCUT2D eigenvalue weighted by Crippen LogP contribution is -2.50. The van der Waals surface area contributed by atoms with Crippen LogP contribution in [0.2, 0.25) is 0 Å². The molecule has 0 aliphatic carbocycles. The summed E-state index contributed by atoms with van der Waals surface area (Å²) in [5.41, 5.74) is 3.94. The van der Waals surface area contributed by atoms with E-state index in [1.807, 2.05) is 0 Å². The highest BCUT2D eigenvalue weighted by atomic mass is 79.9. The molecule has 0 spiro atoms. The van der Waals surface area contributed by atoms with Gasteiger partial charge in [-0.15, -0.1) is 0 Å². The van der Waals surface area contributed by atoms with E-state index in [-0.39, 0.29) is 17.9 Å². The first-order valence-electron chi connectivity index (χ1n) is 9.14. The van der Waals surface area contributed by atoms with Gasteiger partial charge in [-0.25, -0.2) is 0 Å². The molecule has 25 heavy (non-hydrogen) atoms. The molecule has 1 aromatic carbocycles. The summed E-state index contributed by atoms with van der Waals surface area (Å²) in [6.07, 6.45) is 3.55. The molecule has 3 aliphatic heterocycles. The quantitative estimate of drug-likeness (QED) is 0.619. The number of nitrogens with one attached hydrogen (secondary N) is 1. The van der Waals surface area contributed by atoms with Crippen molar-refractivity contribution >= 4 is 33.4 Å². The number of anilines is 1. The van der Waals surface area contributed by atoms with Gasteiger partial charge in [0, 0.05) is 43.6 Å². The summed E-state index contributed by atoms with van der Waals surface area (Å²) in [5.74, 6) is 0.516. The number of hydrogen-bond donors (Lipinski definition) is 1. The third-order valence-corrected chi connectivity index (χ3v) is 6.70. The smallest absolute Gasteiger partial charge is 0.243 e. The van der Waals surface area contributed by atoms with E-state index in [4.69, 9.17) is 0 Å². The highest BCUT2D eigenvalue weighted by Gasteiger charge is 2.34. The van der Waals surface area contributed by atoms with Gasteiger partial charge in [0.05, 0.1) is 6.04 Å². The topological polar surface area (TPSA) is 52.7 Å². The fourth-order valence-electron chi connectivity index (χ4n) is 4.20. The molecule has 1 atom stereocenters. The van der Waals surface area contributed by atoms with Crippen molar-refractivity contribution in [3.8, 4) is 0 Å². The number of benzene rings is 1. The number of imide groups is 1. The number of carbonyl (C=O) groups is 2. The standard InChI is InChI=1S/C19H24BrN3O2/c20-10-13-5-7-22(8-6-13)16-2-1-14-11-23(12-15(14)9-16)17-3-4-18(24)21-19(17)25/h1-2,9,13,17H,3-8,10-12H2,(H,21,24,25). The number of carbonyl (C=O) groups excluding carboxylic acids is 2. The van der Waals surface area contributed by atoms with Crippen LogP contribution in [0.15, 0.2) is 18.2 Å². The van der Waals surface area contributed by atoms with E-state index in [1.54, 1.807) is 0 Å². The van der Waals surface area contributed by atoms with E-state index in [0.717, 1.165) is 37.4 Å². The first kappa shape index (κ1) is 17.0. The largest absolute Gasteiger partial charge is 0.372 e. The van der Waals surface area contributed by atoms with Crippen LogP contribution in [0.3, 0.4) is 0 Å². The first-order valence-corrected chi connectivity index (χ1v) is 10.3. The molecule has 0 radical (unpaired) electrons. The zero-order chi connectivity index (χ0) is 17.4. The zero-order valence-electron chi connectivity index (χ0n) is 14.3. The Kier molecular flexibility index (Phi) is 4.82. The average Bonchev–Trinajstić information content (AvgIpc) is 3.04. The molecule has 6 heteroatoms. The van der Waals surface area contributed by atoms with Gasteiger partial charge in [0.1, 0.15) is 0 Å². The summed E-state index contributed by atoms with van der Waals surface area (Å²) in [6.45, 7) is 3.83. The molecule has 0 aromatic heterocycles. The van der Waals surface area contributed by atoms with Crippen molar-refractivity contribution in [3.05, 3.63) is 29.3 Å². The lowest BCUT2D eigenvalue weighted by molar-refractivity contribution is -0.137. The lowest BCUT2D eigenvalue weighted by atomic mass is 9.98. The normalized spacial score (nSPS) is 25.2. The molecular weight excluding hydrogens is 382 g/mol. The number of alkyl halides is 1. The minimum absolute atomic E-state index is 0.138. The van der Waals surface area contributed by atoms with Crippen LogP contribution in [0.5, 0.6) is 0 Å². The summed E-state index contributed by atoms with van der Waals surface area (Å²) in [4.78, 5) is 28.2. The van der Waals surface area contributed by atoms with Crippen LogP contribution in [0.4, 0.5) is 5.69 Å². The first-order chi connectivity index (χ1) is 12.1. The highest BCUT2D eigenvalue weighted by Crippen LogP contribution is 2.32. The Bertz CT molecular complexity index is 685. The number of fused-ring (bicyclic) bond motifs is 1. The monoisotopic (exact) mass is 405 g/mol. The second-order valence-electron chi connectivity index (χ2n) is 7.41. The molecule has 3 aliphatic rings. The molecule has 2 saturated heterocycles. The van der Waals surface area contributed by atoms with Gasteiger partial charge in [-0.1, -0.05) is 22.0 Å². The summed E-state index contributed by atoms with van der Waals surface area (Å²) in [7, 11) is 0. The van der Waals surface area contributed by atoms with Crippen LogP contribution >= 0.6 is 15.9 Å². The maximum atomic E-state index is 12.1. The predicted octanol–water partition coefficient (Wildman–Crippen LogP) is 2.42. The van der Waals surface area contributed by atoms with Crippen molar-refractivity contribution in [2.24, 2.45) is 5.92 Å². The lowest BCUT2D eigenvalue weighted by Gasteiger charge is -2.33. The second kappa shape index (κ2) is 7.08. The summed E-state index contributed by atoms with van der Waals surface area (Å²) < 4.78 is 0. The van der Waals surface area contributed by atoms with E-state index < -0.39 is 0 Å². The Morgan fingerprint density at radius 2 is 1.84 bits per heavy atom. The molecule has 1 unspecified atom stereocenters. The summed E-state index contributed by atoms with van der Waals surface area (Å²) in [6, 6.07) is 6.56. The Morgan fingerprint density at radius 1 is 1.08 bits per heavy atom. The average molecular weight is 406 g/mol. The van der Waals surface area contributed by atoms with Crippen molar-refractivity contribution in [3.63, 3.8) is 0 Å². The Hall–Kier alpha value is -1.40. The number of piperidine rings is 2. The number of hydrogen-bond acceptors (Lipinski definition) is 4. The van der Waals surface area contributed by atoms with Gasteiger partial charge in [-0.2, -0.15) is 0 Å². The van der Waals surface area contributed by atoms with Crippen molar-refractivity contribution in [1.82, 2.24) is 10.2 Å². The van der Waals surface area contributed by atoms with E-state index in [1.165, 1.54) is 29.7 Å². The maximum absolute atomic E-state index is 12.1. The predicted molar refractivity (Wildman–Crippen MR) is 101 cm³/mol. The molecule has 0 saturated carbocycles. The molecule has 134 valence electrons. The van der Waals surface area contributed by atoms with Crippen LogP contribution in [0.25, 0.3) is 0 Å². The Morgan fingerprint density at radius 3 is 2.56 bits per heavy atom. The van der Waals surface area contributed by atoms with Crippen LogP contribution in [0.1, 0.15) is 36.8 Å². The number of nitrogens with zero attached hydrogens (tertiary/aromatic N) is 2. The van der Waals surface area contributed by atoms with Gasteiger partial charge in [0.25, 0.3) is 0 Å². The number of amides is 2. The van der Waals surface area contributed by atoms with E-state index in [0.29, 0.717) is 12.8 Å². The summed E-state index contributed by atoms with van der Waals surface area (Å²) in [5, 5.41) is 3.58. The molecule has 3 heterocycles. The second-order valence-corrected chi connectivity index (χ2v) is 8.06. The van der Waals surface area contributed by atoms with E-state index in [9.17, 15) is 9.59 Å².